The highest BCUT2D eigenvalue weighted by Gasteiger charge is 2.15. The summed E-state index contributed by atoms with van der Waals surface area (Å²) in [5, 5.41) is 2.60. The van der Waals surface area contributed by atoms with Gasteiger partial charge in [0.25, 0.3) is 0 Å². The molecule has 0 bridgehead atoms. The Morgan fingerprint density at radius 3 is 2.44 bits per heavy atom. The van der Waals surface area contributed by atoms with Crippen molar-refractivity contribution in [2.75, 3.05) is 26.2 Å². The van der Waals surface area contributed by atoms with E-state index in [1.807, 2.05) is 0 Å². The Morgan fingerprint density at radius 1 is 1.33 bits per heavy atom. The number of nitrogens with zero attached hydrogens (tertiary/aromatic N) is 1. The first-order valence-corrected chi connectivity index (χ1v) is 6.20. The van der Waals surface area contributed by atoms with E-state index >= 15 is 0 Å². The van der Waals surface area contributed by atoms with E-state index in [0.717, 1.165) is 0 Å². The maximum Gasteiger partial charge on any atom is 0.410 e. The van der Waals surface area contributed by atoms with Gasteiger partial charge in [-0.25, -0.2) is 9.59 Å². The average Bonchev–Trinajstić information content (AvgIpc) is 2.21. The smallest absolute Gasteiger partial charge is 0.410 e. The van der Waals surface area contributed by atoms with E-state index in [0.29, 0.717) is 19.5 Å². The Hall–Kier alpha value is -1.17. The zero-order chi connectivity index (χ0) is 14.2. The van der Waals surface area contributed by atoms with E-state index in [9.17, 15) is 9.59 Å². The van der Waals surface area contributed by atoms with E-state index in [1.165, 1.54) is 4.90 Å². The molecule has 0 fully saturated rings. The molecule has 7 heteroatoms. The van der Waals surface area contributed by atoms with Crippen molar-refractivity contribution in [3.63, 3.8) is 0 Å². The van der Waals surface area contributed by atoms with Crippen molar-refractivity contribution in [3.8, 4) is 0 Å². The first-order valence-electron chi connectivity index (χ1n) is 5.67. The van der Waals surface area contributed by atoms with Crippen LogP contribution in [0.25, 0.3) is 0 Å². The first-order chi connectivity index (χ1) is 8.26. The second-order valence-corrected chi connectivity index (χ2v) is 4.94. The van der Waals surface area contributed by atoms with Gasteiger partial charge in [0.05, 0.1) is 0 Å². The predicted molar refractivity (Wildman–Crippen MR) is 68.7 cm³/mol. The van der Waals surface area contributed by atoms with Gasteiger partial charge in [0.1, 0.15) is 5.60 Å². The lowest BCUT2D eigenvalue weighted by atomic mass is 10.2. The van der Waals surface area contributed by atoms with Gasteiger partial charge in [-0.05, 0) is 27.2 Å². The molecule has 0 aromatic heterocycles. The van der Waals surface area contributed by atoms with Crippen molar-refractivity contribution < 1.29 is 19.1 Å². The van der Waals surface area contributed by atoms with E-state index in [4.69, 9.17) is 16.3 Å². The molecule has 0 saturated heterocycles. The van der Waals surface area contributed by atoms with Gasteiger partial charge in [-0.3, -0.25) is 0 Å². The molecule has 0 aliphatic rings. The zero-order valence-corrected chi connectivity index (χ0v) is 12.0. The van der Waals surface area contributed by atoms with Gasteiger partial charge in [0.2, 0.25) is 0 Å². The Balaban J connectivity index is 3.67. The van der Waals surface area contributed by atoms with E-state index in [-0.39, 0.29) is 6.07 Å². The summed E-state index contributed by atoms with van der Waals surface area (Å²) in [6, 6.07) is -0.167. The number of ether oxygens (including phenoxy) is 2. The summed E-state index contributed by atoms with van der Waals surface area (Å²) in [4.78, 5) is 23.8. The molecule has 6 nitrogen and oxygen atoms in total. The summed E-state index contributed by atoms with van der Waals surface area (Å²) in [7, 11) is 1.60. The third-order valence-corrected chi connectivity index (χ3v) is 1.94. The van der Waals surface area contributed by atoms with Crippen LogP contribution in [0.15, 0.2) is 0 Å². The minimum absolute atomic E-state index is 0.167. The predicted octanol–water partition coefficient (Wildman–Crippen LogP) is 2.17. The van der Waals surface area contributed by atoms with Gasteiger partial charge in [-0.15, -0.1) is 0 Å². The molecule has 0 aromatic carbocycles. The van der Waals surface area contributed by atoms with Gasteiger partial charge >= 0.3 is 12.2 Å². The van der Waals surface area contributed by atoms with Gasteiger partial charge in [-0.1, -0.05) is 11.6 Å². The van der Waals surface area contributed by atoms with E-state index < -0.39 is 17.8 Å². The number of rotatable bonds is 5. The molecule has 1 N–H and O–H groups in total. The third-order valence-electron chi connectivity index (χ3n) is 1.83. The number of alkyl halides is 1. The maximum atomic E-state index is 11.3. The SMILES string of the molecule is CN(CCCNC(=O)OC(C)(C)C)C(=O)OCCl. The fourth-order valence-electron chi connectivity index (χ4n) is 1.07. The number of hydrogen-bond donors (Lipinski definition) is 1. The highest BCUT2D eigenvalue weighted by Crippen LogP contribution is 2.06. The number of carbonyl (C=O) groups excluding carboxylic acids is 2. The van der Waals surface area contributed by atoms with Crippen LogP contribution in [0.3, 0.4) is 0 Å². The summed E-state index contributed by atoms with van der Waals surface area (Å²) in [5.74, 6) is 0. The molecule has 0 saturated carbocycles. The van der Waals surface area contributed by atoms with Crippen LogP contribution >= 0.6 is 11.6 Å². The summed E-state index contributed by atoms with van der Waals surface area (Å²) < 4.78 is 9.65. The minimum atomic E-state index is -0.509. The first kappa shape index (κ1) is 16.8. The quantitative estimate of drug-likeness (QED) is 0.619. The average molecular weight is 281 g/mol. The Kier molecular flexibility index (Phi) is 7.50. The monoisotopic (exact) mass is 280 g/mol. The van der Waals surface area contributed by atoms with Crippen LogP contribution in [0.5, 0.6) is 0 Å². The van der Waals surface area contributed by atoms with Gasteiger partial charge in [0, 0.05) is 20.1 Å². The van der Waals surface area contributed by atoms with Crippen LogP contribution in [0.4, 0.5) is 9.59 Å². The molecule has 0 atom stereocenters. The number of amides is 2. The Morgan fingerprint density at radius 2 is 1.94 bits per heavy atom. The molecular formula is C11H21ClN2O4. The lowest BCUT2D eigenvalue weighted by Gasteiger charge is -2.20. The lowest BCUT2D eigenvalue weighted by molar-refractivity contribution is 0.0526. The molecule has 18 heavy (non-hydrogen) atoms. The molecule has 0 aliphatic heterocycles. The van der Waals surface area contributed by atoms with E-state index in [1.54, 1.807) is 27.8 Å². The molecule has 0 aromatic rings. The fraction of sp³-hybridized carbons (Fsp3) is 0.818. The highest BCUT2D eigenvalue weighted by atomic mass is 35.5. The lowest BCUT2D eigenvalue weighted by Crippen LogP contribution is -2.35. The molecule has 0 spiro atoms. The summed E-state index contributed by atoms with van der Waals surface area (Å²) in [5.41, 5.74) is -0.509. The number of halogens is 1. The molecular weight excluding hydrogens is 260 g/mol. The number of carbonyl (C=O) groups is 2. The Bertz CT molecular complexity index is 279. The van der Waals surface area contributed by atoms with Crippen molar-refractivity contribution in [2.24, 2.45) is 0 Å². The van der Waals surface area contributed by atoms with Gasteiger partial charge in [-0.2, -0.15) is 0 Å². The van der Waals surface area contributed by atoms with Gasteiger partial charge in [0.15, 0.2) is 6.07 Å². The topological polar surface area (TPSA) is 67.9 Å². The van der Waals surface area contributed by atoms with Gasteiger partial charge < -0.3 is 19.7 Å². The molecule has 0 heterocycles. The largest absolute Gasteiger partial charge is 0.444 e. The Labute approximate surface area is 113 Å². The number of hydrogen-bond acceptors (Lipinski definition) is 4. The molecule has 106 valence electrons. The summed E-state index contributed by atoms with van der Waals surface area (Å²) in [6.07, 6.45) is -0.344. The second-order valence-electron chi connectivity index (χ2n) is 4.72. The van der Waals surface area contributed by atoms with Crippen LogP contribution in [0.1, 0.15) is 27.2 Å². The molecule has 0 rings (SSSR count). The van der Waals surface area contributed by atoms with Crippen molar-refractivity contribution in [3.05, 3.63) is 0 Å². The van der Waals surface area contributed by atoms with Crippen LogP contribution in [0.2, 0.25) is 0 Å². The molecule has 0 unspecified atom stereocenters. The van der Waals surface area contributed by atoms with E-state index in [2.05, 4.69) is 10.1 Å². The zero-order valence-electron chi connectivity index (χ0n) is 11.3. The fourth-order valence-corrected chi connectivity index (χ4v) is 1.16. The maximum absolute atomic E-state index is 11.3. The van der Waals surface area contributed by atoms with Crippen LogP contribution in [-0.4, -0.2) is 48.9 Å². The molecule has 0 radical (unpaired) electrons. The summed E-state index contributed by atoms with van der Waals surface area (Å²) >= 11 is 5.26. The summed E-state index contributed by atoms with van der Waals surface area (Å²) in [6.45, 7) is 6.27. The van der Waals surface area contributed by atoms with Crippen LogP contribution < -0.4 is 5.32 Å². The van der Waals surface area contributed by atoms with Crippen molar-refractivity contribution in [1.82, 2.24) is 10.2 Å². The number of alkyl carbamates (subject to hydrolysis) is 1. The standard InChI is InChI=1S/C11H21ClN2O4/c1-11(2,3)18-9(15)13-6-5-7-14(4)10(16)17-8-12/h5-8H2,1-4H3,(H,13,15). The second kappa shape index (κ2) is 8.02. The normalized spacial score (nSPS) is 10.7. The third kappa shape index (κ3) is 8.92. The molecule has 2 amide bonds. The van der Waals surface area contributed by atoms with Crippen LogP contribution in [0, 0.1) is 0 Å². The molecule has 0 aliphatic carbocycles. The highest BCUT2D eigenvalue weighted by molar-refractivity contribution is 6.17. The van der Waals surface area contributed by atoms with Crippen molar-refractivity contribution in [1.29, 1.82) is 0 Å². The van der Waals surface area contributed by atoms with Crippen LogP contribution in [-0.2, 0) is 9.47 Å². The van der Waals surface area contributed by atoms with Crippen molar-refractivity contribution >= 4 is 23.8 Å². The van der Waals surface area contributed by atoms with Crippen molar-refractivity contribution in [2.45, 2.75) is 32.8 Å². The minimum Gasteiger partial charge on any atom is -0.444 e. The number of nitrogens with one attached hydrogen (secondary N) is 1.